The Morgan fingerprint density at radius 3 is 2.46 bits per heavy atom. The summed E-state index contributed by atoms with van der Waals surface area (Å²) in [5.41, 5.74) is 0.829. The standard InChI is InChI=1S/C18H24N2O4/c1-3-23-14-6-8-15(9-7-14)24-13-18(22)19-11-10-17(21)16-5-4-12-20(16)2/h4-9,12,17,21H,3,10-11,13H2,1-2H3,(H,19,22). The predicted molar refractivity (Wildman–Crippen MR) is 91.1 cm³/mol. The van der Waals surface area contributed by atoms with Crippen molar-refractivity contribution in [2.24, 2.45) is 7.05 Å². The number of aliphatic hydroxyl groups excluding tert-OH is 1. The van der Waals surface area contributed by atoms with Gasteiger partial charge in [-0.05, 0) is 49.7 Å². The topological polar surface area (TPSA) is 72.7 Å². The van der Waals surface area contributed by atoms with Crippen LogP contribution >= 0.6 is 0 Å². The van der Waals surface area contributed by atoms with Crippen molar-refractivity contribution in [2.45, 2.75) is 19.4 Å². The zero-order valence-electron chi connectivity index (χ0n) is 14.1. The normalized spacial score (nSPS) is 11.8. The first-order chi connectivity index (χ1) is 11.6. The van der Waals surface area contributed by atoms with Crippen molar-refractivity contribution in [1.29, 1.82) is 0 Å². The van der Waals surface area contributed by atoms with E-state index in [0.717, 1.165) is 11.4 Å². The van der Waals surface area contributed by atoms with Crippen molar-refractivity contribution in [2.75, 3.05) is 19.8 Å². The van der Waals surface area contributed by atoms with E-state index in [2.05, 4.69) is 5.32 Å². The number of carbonyl (C=O) groups excluding carboxylic acids is 1. The largest absolute Gasteiger partial charge is 0.494 e. The van der Waals surface area contributed by atoms with Crippen molar-refractivity contribution < 1.29 is 19.4 Å². The van der Waals surface area contributed by atoms with Gasteiger partial charge in [-0.2, -0.15) is 0 Å². The molecule has 0 aliphatic rings. The van der Waals surface area contributed by atoms with Gasteiger partial charge in [0.05, 0.1) is 12.7 Å². The highest BCUT2D eigenvalue weighted by atomic mass is 16.5. The highest BCUT2D eigenvalue weighted by Gasteiger charge is 2.11. The molecule has 0 radical (unpaired) electrons. The molecule has 24 heavy (non-hydrogen) atoms. The highest BCUT2D eigenvalue weighted by Crippen LogP contribution is 2.17. The average molecular weight is 332 g/mol. The van der Waals surface area contributed by atoms with E-state index in [-0.39, 0.29) is 12.5 Å². The first kappa shape index (κ1) is 17.9. The van der Waals surface area contributed by atoms with Crippen molar-refractivity contribution in [3.8, 4) is 11.5 Å². The number of aromatic nitrogens is 1. The lowest BCUT2D eigenvalue weighted by molar-refractivity contribution is -0.123. The first-order valence-electron chi connectivity index (χ1n) is 8.01. The van der Waals surface area contributed by atoms with Crippen LogP contribution in [0, 0.1) is 0 Å². The molecule has 1 amide bonds. The van der Waals surface area contributed by atoms with Gasteiger partial charge in [0.1, 0.15) is 11.5 Å². The highest BCUT2D eigenvalue weighted by molar-refractivity contribution is 5.77. The molecule has 1 atom stereocenters. The van der Waals surface area contributed by atoms with Gasteiger partial charge in [-0.25, -0.2) is 0 Å². The molecule has 2 N–H and O–H groups in total. The van der Waals surface area contributed by atoms with Gasteiger partial charge in [0.2, 0.25) is 0 Å². The monoisotopic (exact) mass is 332 g/mol. The SMILES string of the molecule is CCOc1ccc(OCC(=O)NCCC(O)c2cccn2C)cc1. The van der Waals surface area contributed by atoms with E-state index in [1.54, 1.807) is 24.3 Å². The second kappa shape index (κ2) is 8.98. The molecule has 0 spiro atoms. The Morgan fingerprint density at radius 1 is 1.21 bits per heavy atom. The first-order valence-corrected chi connectivity index (χ1v) is 8.01. The van der Waals surface area contributed by atoms with Crippen LogP contribution in [0.2, 0.25) is 0 Å². The third-order valence-electron chi connectivity index (χ3n) is 3.57. The molecule has 2 rings (SSSR count). The summed E-state index contributed by atoms with van der Waals surface area (Å²) < 4.78 is 12.6. The predicted octanol–water partition coefficient (Wildman–Crippen LogP) is 2.04. The molecular weight excluding hydrogens is 308 g/mol. The summed E-state index contributed by atoms with van der Waals surface area (Å²) in [6.07, 6.45) is 1.73. The Morgan fingerprint density at radius 2 is 1.88 bits per heavy atom. The number of amides is 1. The molecule has 0 bridgehead atoms. The van der Waals surface area contributed by atoms with Crippen LogP contribution in [0.5, 0.6) is 11.5 Å². The average Bonchev–Trinajstić information content (AvgIpc) is 3.00. The summed E-state index contributed by atoms with van der Waals surface area (Å²) in [5, 5.41) is 12.8. The number of ether oxygens (including phenoxy) is 2. The van der Waals surface area contributed by atoms with E-state index in [1.165, 1.54) is 0 Å². The molecule has 0 aliphatic carbocycles. The quantitative estimate of drug-likeness (QED) is 0.737. The van der Waals surface area contributed by atoms with Crippen molar-refractivity contribution >= 4 is 5.91 Å². The van der Waals surface area contributed by atoms with Crippen LogP contribution < -0.4 is 14.8 Å². The summed E-state index contributed by atoms with van der Waals surface area (Å²) in [6, 6.07) is 10.9. The number of nitrogens with zero attached hydrogens (tertiary/aromatic N) is 1. The maximum atomic E-state index is 11.8. The summed E-state index contributed by atoms with van der Waals surface area (Å²) in [7, 11) is 1.88. The van der Waals surface area contributed by atoms with Crippen LogP contribution in [0.3, 0.4) is 0 Å². The van der Waals surface area contributed by atoms with E-state index in [0.29, 0.717) is 25.3 Å². The summed E-state index contributed by atoms with van der Waals surface area (Å²) in [4.78, 5) is 11.8. The van der Waals surface area contributed by atoms with Crippen LogP contribution in [0.1, 0.15) is 25.1 Å². The number of hydrogen-bond donors (Lipinski definition) is 2. The molecule has 1 unspecified atom stereocenters. The number of nitrogens with one attached hydrogen (secondary N) is 1. The maximum absolute atomic E-state index is 11.8. The summed E-state index contributed by atoms with van der Waals surface area (Å²) >= 11 is 0. The van der Waals surface area contributed by atoms with Gasteiger partial charge in [0.15, 0.2) is 6.61 Å². The molecule has 1 aromatic heterocycles. The van der Waals surface area contributed by atoms with E-state index in [1.807, 2.05) is 36.9 Å². The Bertz CT molecular complexity index is 637. The fourth-order valence-electron chi connectivity index (χ4n) is 2.32. The molecule has 1 heterocycles. The Labute approximate surface area is 142 Å². The molecule has 0 saturated heterocycles. The van der Waals surface area contributed by atoms with Gasteiger partial charge in [0, 0.05) is 25.5 Å². The zero-order valence-corrected chi connectivity index (χ0v) is 14.1. The van der Waals surface area contributed by atoms with Crippen molar-refractivity contribution in [1.82, 2.24) is 9.88 Å². The molecular formula is C18H24N2O4. The lowest BCUT2D eigenvalue weighted by Gasteiger charge is -2.13. The van der Waals surface area contributed by atoms with E-state index in [4.69, 9.17) is 9.47 Å². The minimum absolute atomic E-state index is 0.0613. The number of aryl methyl sites for hydroxylation is 1. The second-order valence-electron chi connectivity index (χ2n) is 5.39. The third kappa shape index (κ3) is 5.31. The summed E-state index contributed by atoms with van der Waals surface area (Å²) in [6.45, 7) is 2.85. The van der Waals surface area contributed by atoms with E-state index < -0.39 is 6.10 Å². The van der Waals surface area contributed by atoms with Crippen molar-refractivity contribution in [3.05, 3.63) is 48.3 Å². The van der Waals surface area contributed by atoms with Gasteiger partial charge < -0.3 is 24.5 Å². The lowest BCUT2D eigenvalue weighted by atomic mass is 10.2. The number of rotatable bonds is 9. The number of aliphatic hydroxyl groups is 1. The minimum Gasteiger partial charge on any atom is -0.494 e. The second-order valence-corrected chi connectivity index (χ2v) is 5.39. The molecule has 0 saturated carbocycles. The molecule has 6 heteroatoms. The van der Waals surface area contributed by atoms with Gasteiger partial charge in [0.25, 0.3) is 5.91 Å². The Hall–Kier alpha value is -2.47. The smallest absolute Gasteiger partial charge is 0.257 e. The summed E-state index contributed by atoms with van der Waals surface area (Å²) in [5.74, 6) is 1.16. The number of carbonyl (C=O) groups is 1. The maximum Gasteiger partial charge on any atom is 0.257 e. The van der Waals surface area contributed by atoms with Gasteiger partial charge in [-0.15, -0.1) is 0 Å². The molecule has 0 fully saturated rings. The van der Waals surface area contributed by atoms with Gasteiger partial charge in [-0.3, -0.25) is 4.79 Å². The third-order valence-corrected chi connectivity index (χ3v) is 3.57. The zero-order chi connectivity index (χ0) is 17.4. The number of hydrogen-bond acceptors (Lipinski definition) is 4. The Balaban J connectivity index is 1.67. The van der Waals surface area contributed by atoms with Gasteiger partial charge in [-0.1, -0.05) is 0 Å². The molecule has 1 aromatic carbocycles. The fourth-order valence-corrected chi connectivity index (χ4v) is 2.32. The molecule has 2 aromatic rings. The van der Waals surface area contributed by atoms with Crippen LogP contribution in [-0.4, -0.2) is 35.3 Å². The van der Waals surface area contributed by atoms with Crippen LogP contribution in [0.4, 0.5) is 0 Å². The Kier molecular flexibility index (Phi) is 6.69. The molecule has 0 aliphatic heterocycles. The molecule has 6 nitrogen and oxygen atoms in total. The molecule has 130 valence electrons. The van der Waals surface area contributed by atoms with Crippen molar-refractivity contribution in [3.63, 3.8) is 0 Å². The fraction of sp³-hybridized carbons (Fsp3) is 0.389. The van der Waals surface area contributed by atoms with Gasteiger partial charge >= 0.3 is 0 Å². The lowest BCUT2D eigenvalue weighted by Crippen LogP contribution is -2.30. The minimum atomic E-state index is -0.600. The van der Waals surface area contributed by atoms with Crippen LogP contribution in [-0.2, 0) is 11.8 Å². The van der Waals surface area contributed by atoms with Crippen LogP contribution in [0.15, 0.2) is 42.6 Å². The number of benzene rings is 1. The van der Waals surface area contributed by atoms with E-state index in [9.17, 15) is 9.90 Å². The van der Waals surface area contributed by atoms with Crippen LogP contribution in [0.25, 0.3) is 0 Å². The van der Waals surface area contributed by atoms with E-state index >= 15 is 0 Å².